The third-order valence-corrected chi connectivity index (χ3v) is 5.79. The van der Waals surface area contributed by atoms with Crippen molar-refractivity contribution in [3.63, 3.8) is 0 Å². The third-order valence-electron chi connectivity index (χ3n) is 4.12. The maximum Gasteiger partial charge on any atom is 0.404 e. The lowest BCUT2D eigenvalue weighted by Gasteiger charge is -2.06. The summed E-state index contributed by atoms with van der Waals surface area (Å²) in [5, 5.41) is 24.3. The zero-order valence-electron chi connectivity index (χ0n) is 16.3. The van der Waals surface area contributed by atoms with Gasteiger partial charge in [-0.05, 0) is 46.0 Å². The second kappa shape index (κ2) is 10.1. The van der Waals surface area contributed by atoms with Crippen molar-refractivity contribution in [2.24, 2.45) is 0 Å². The van der Waals surface area contributed by atoms with Gasteiger partial charge in [0.1, 0.15) is 11.0 Å². The fourth-order valence-electron chi connectivity index (χ4n) is 2.49. The Morgan fingerprint density at radius 3 is 2.53 bits per heavy atom. The highest BCUT2D eigenvalue weighted by molar-refractivity contribution is 9.10. The number of carbonyl (C=O) groups excluding carboxylic acids is 2. The molecule has 2 N–H and O–H groups in total. The molecule has 32 heavy (non-hydrogen) atoms. The highest BCUT2D eigenvalue weighted by Gasteiger charge is 2.25. The lowest BCUT2D eigenvalue weighted by molar-refractivity contribution is -0.390. The van der Waals surface area contributed by atoms with Crippen molar-refractivity contribution < 1.29 is 19.0 Å². The minimum absolute atomic E-state index is 0.0330. The van der Waals surface area contributed by atoms with E-state index in [0.29, 0.717) is 16.3 Å². The van der Waals surface area contributed by atoms with Gasteiger partial charge >= 0.3 is 17.6 Å². The van der Waals surface area contributed by atoms with E-state index in [0.717, 1.165) is 0 Å². The number of hydrogen-bond donors (Lipinski definition) is 2. The quantitative estimate of drug-likeness (QED) is 0.248. The van der Waals surface area contributed by atoms with Crippen LogP contribution in [0.5, 0.6) is 0 Å². The number of hydrogen-bond acceptors (Lipinski definition) is 8. The Hall–Kier alpha value is -3.03. The second-order valence-electron chi connectivity index (χ2n) is 6.29. The van der Waals surface area contributed by atoms with Crippen LogP contribution in [0.4, 0.5) is 5.82 Å². The molecular formula is C17H14BrCl2N7O5. The van der Waals surface area contributed by atoms with Crippen LogP contribution in [-0.2, 0) is 6.54 Å². The molecule has 0 aliphatic carbocycles. The van der Waals surface area contributed by atoms with Gasteiger partial charge < -0.3 is 25.3 Å². The van der Waals surface area contributed by atoms with Gasteiger partial charge in [0.2, 0.25) is 0 Å². The second-order valence-corrected chi connectivity index (χ2v) is 7.90. The summed E-state index contributed by atoms with van der Waals surface area (Å²) >= 11 is 14.8. The monoisotopic (exact) mass is 545 g/mol. The van der Waals surface area contributed by atoms with E-state index in [-0.39, 0.29) is 52.6 Å². The average Bonchev–Trinajstić information content (AvgIpc) is 3.33. The average molecular weight is 547 g/mol. The molecule has 1 aromatic carbocycles. The molecule has 0 spiro atoms. The molecule has 0 aliphatic rings. The number of nitro groups is 1. The van der Waals surface area contributed by atoms with E-state index in [9.17, 15) is 19.7 Å². The normalized spacial score (nSPS) is 10.8. The Bertz CT molecular complexity index is 1200. The SMILES string of the molecule is Cc1c(Br)c([N+](=O)[O-])nn1Cc1noc(C(=O)NCCNC(=O)c2ccc(Cl)c(Cl)c2)n1. The third kappa shape index (κ3) is 5.41. The van der Waals surface area contributed by atoms with Crippen molar-refractivity contribution in [2.75, 3.05) is 13.1 Å². The zero-order chi connectivity index (χ0) is 23.4. The number of nitrogens with zero attached hydrogens (tertiary/aromatic N) is 5. The van der Waals surface area contributed by atoms with E-state index in [1.165, 1.54) is 22.9 Å². The fourth-order valence-corrected chi connectivity index (χ4v) is 3.22. The van der Waals surface area contributed by atoms with Gasteiger partial charge in [0.05, 0.1) is 20.8 Å². The molecular weight excluding hydrogens is 533 g/mol. The number of rotatable bonds is 8. The van der Waals surface area contributed by atoms with Gasteiger partial charge in [-0.15, -0.1) is 0 Å². The van der Waals surface area contributed by atoms with E-state index in [1.807, 2.05) is 0 Å². The summed E-state index contributed by atoms with van der Waals surface area (Å²) in [7, 11) is 0. The molecule has 0 radical (unpaired) electrons. The predicted molar refractivity (Wildman–Crippen MR) is 116 cm³/mol. The molecule has 12 nitrogen and oxygen atoms in total. The van der Waals surface area contributed by atoms with Gasteiger partial charge in [-0.3, -0.25) is 9.59 Å². The molecule has 168 valence electrons. The minimum Gasteiger partial charge on any atom is -0.358 e. The molecule has 2 heterocycles. The lowest BCUT2D eigenvalue weighted by atomic mass is 10.2. The summed E-state index contributed by atoms with van der Waals surface area (Å²) in [6, 6.07) is 4.47. The molecule has 0 saturated heterocycles. The zero-order valence-corrected chi connectivity index (χ0v) is 19.4. The van der Waals surface area contributed by atoms with Crippen molar-refractivity contribution in [3.05, 3.63) is 65.8 Å². The molecule has 3 aromatic rings. The number of carbonyl (C=O) groups is 2. The topological polar surface area (TPSA) is 158 Å². The summed E-state index contributed by atoms with van der Waals surface area (Å²) < 4.78 is 6.48. The minimum atomic E-state index is -0.642. The van der Waals surface area contributed by atoms with Crippen LogP contribution in [0.25, 0.3) is 0 Å². The molecule has 0 bridgehead atoms. The molecule has 2 aromatic heterocycles. The fraction of sp³-hybridized carbons (Fsp3) is 0.235. The molecule has 0 aliphatic heterocycles. The van der Waals surface area contributed by atoms with E-state index in [4.69, 9.17) is 27.7 Å². The summed E-state index contributed by atoms with van der Waals surface area (Å²) in [6.07, 6.45) is 0. The van der Waals surface area contributed by atoms with E-state index in [1.54, 1.807) is 6.92 Å². The van der Waals surface area contributed by atoms with Crippen molar-refractivity contribution in [2.45, 2.75) is 13.5 Å². The molecule has 3 rings (SSSR count). The molecule has 0 saturated carbocycles. The van der Waals surface area contributed by atoms with Gasteiger partial charge in [0.15, 0.2) is 5.82 Å². The number of halogens is 3. The summed E-state index contributed by atoms with van der Waals surface area (Å²) in [6.45, 7) is 1.83. The van der Waals surface area contributed by atoms with Crippen molar-refractivity contribution in [1.82, 2.24) is 30.6 Å². The first-order valence-electron chi connectivity index (χ1n) is 8.88. The maximum atomic E-state index is 12.2. The Kier molecular flexibility index (Phi) is 7.43. The Morgan fingerprint density at radius 1 is 1.22 bits per heavy atom. The van der Waals surface area contributed by atoms with Crippen LogP contribution in [0.15, 0.2) is 27.2 Å². The largest absolute Gasteiger partial charge is 0.404 e. The van der Waals surface area contributed by atoms with Crippen molar-refractivity contribution in [3.8, 4) is 0 Å². The first-order valence-corrected chi connectivity index (χ1v) is 10.4. The molecule has 0 fully saturated rings. The standard InChI is InChI=1S/C17H14BrCl2N7O5/c1-8-13(18)14(27(30)31)24-26(8)7-12-23-17(32-25-12)16(29)22-5-4-21-15(28)9-2-3-10(19)11(20)6-9/h2-3,6H,4-5,7H2,1H3,(H,21,28)(H,22,29). The van der Waals surface area contributed by atoms with E-state index >= 15 is 0 Å². The van der Waals surface area contributed by atoms with Crippen LogP contribution in [0, 0.1) is 17.0 Å². The highest BCUT2D eigenvalue weighted by Crippen LogP contribution is 2.27. The summed E-state index contributed by atoms with van der Waals surface area (Å²) in [5.41, 5.74) is 0.818. The van der Waals surface area contributed by atoms with Crippen molar-refractivity contribution >= 4 is 56.8 Å². The summed E-state index contributed by atoms with van der Waals surface area (Å²) in [5.74, 6) is -1.55. The first kappa shape index (κ1) is 23.6. The Balaban J connectivity index is 1.51. The smallest absolute Gasteiger partial charge is 0.358 e. The number of aromatic nitrogens is 4. The summed E-state index contributed by atoms with van der Waals surface area (Å²) in [4.78, 5) is 38.5. The van der Waals surface area contributed by atoms with E-state index in [2.05, 4.69) is 41.8 Å². The highest BCUT2D eigenvalue weighted by atomic mass is 79.9. The Labute approximate surface area is 198 Å². The number of nitrogens with one attached hydrogen (secondary N) is 2. The number of benzene rings is 1. The van der Waals surface area contributed by atoms with Gasteiger partial charge in [-0.25, -0.2) is 0 Å². The van der Waals surface area contributed by atoms with E-state index < -0.39 is 10.8 Å². The van der Waals surface area contributed by atoms with Crippen LogP contribution in [0.2, 0.25) is 10.0 Å². The van der Waals surface area contributed by atoms with Crippen LogP contribution in [0.3, 0.4) is 0 Å². The molecule has 2 amide bonds. The van der Waals surface area contributed by atoms with Crippen LogP contribution in [0.1, 0.15) is 32.6 Å². The maximum absolute atomic E-state index is 12.2. The van der Waals surface area contributed by atoms with Crippen LogP contribution < -0.4 is 10.6 Å². The lowest BCUT2D eigenvalue weighted by Crippen LogP contribution is -2.34. The molecule has 0 unspecified atom stereocenters. The van der Waals surface area contributed by atoms with Gasteiger partial charge in [0.25, 0.3) is 5.91 Å². The Morgan fingerprint density at radius 2 is 1.91 bits per heavy atom. The van der Waals surface area contributed by atoms with Crippen LogP contribution >= 0.6 is 39.1 Å². The molecule has 15 heteroatoms. The molecule has 0 atom stereocenters. The number of amides is 2. The van der Waals surface area contributed by atoms with Gasteiger partial charge in [-0.1, -0.05) is 28.4 Å². The first-order chi connectivity index (χ1) is 15.2. The van der Waals surface area contributed by atoms with Crippen molar-refractivity contribution in [1.29, 1.82) is 0 Å². The van der Waals surface area contributed by atoms with Crippen LogP contribution in [-0.4, -0.2) is 49.7 Å². The van der Waals surface area contributed by atoms with Gasteiger partial charge in [-0.2, -0.15) is 9.67 Å². The predicted octanol–water partition coefficient (Wildman–Crippen LogP) is 2.76. The van der Waals surface area contributed by atoms with Gasteiger partial charge in [0, 0.05) is 18.7 Å².